The summed E-state index contributed by atoms with van der Waals surface area (Å²) in [7, 11) is 5.80. The smallest absolute Gasteiger partial charge is 0.332 e. The minimum atomic E-state index is -1.01. The van der Waals surface area contributed by atoms with Crippen LogP contribution in [0.5, 0.6) is 23.0 Å². The first-order valence-corrected chi connectivity index (χ1v) is 27.9. The Bertz CT molecular complexity index is 3240. The van der Waals surface area contributed by atoms with Gasteiger partial charge in [-0.25, -0.2) is 24.5 Å². The molecule has 6 N–H and O–H groups in total. The molecule has 5 aromatic rings. The van der Waals surface area contributed by atoms with Gasteiger partial charge >= 0.3 is 11.9 Å². The van der Waals surface area contributed by atoms with Crippen LogP contribution in [0.2, 0.25) is 0 Å². The summed E-state index contributed by atoms with van der Waals surface area (Å²) in [4.78, 5) is 98.1. The summed E-state index contributed by atoms with van der Waals surface area (Å²) in [6.45, 7) is 10.3. The fourth-order valence-corrected chi connectivity index (χ4v) is 11.0. The second kappa shape index (κ2) is 26.1. The fourth-order valence-electron chi connectivity index (χ4n) is 9.86. The molecule has 0 bridgehead atoms. The molecule has 4 amide bonds. The summed E-state index contributed by atoms with van der Waals surface area (Å²) in [6.07, 6.45) is 7.60. The van der Waals surface area contributed by atoms with Crippen molar-refractivity contribution in [3.63, 3.8) is 0 Å². The number of pyridine rings is 2. The number of benzene rings is 2. The van der Waals surface area contributed by atoms with E-state index >= 15 is 0 Å². The van der Waals surface area contributed by atoms with E-state index in [0.717, 1.165) is 10.8 Å². The van der Waals surface area contributed by atoms with Crippen LogP contribution in [0.3, 0.4) is 0 Å². The van der Waals surface area contributed by atoms with Gasteiger partial charge in [-0.2, -0.15) is 0 Å². The first kappa shape index (κ1) is 60.1. The number of nitrogens with two attached hydrogens (primary N) is 1. The number of alkyl halides is 1. The maximum absolute atomic E-state index is 13.1. The number of Topliss-reactive ketones (excluding diaryl/α,β-unsaturated/α-hetero) is 1. The molecule has 0 spiro atoms. The largest absolute Gasteiger partial charge is 0.497 e. The molecule has 0 aliphatic heterocycles. The Labute approximate surface area is 479 Å². The van der Waals surface area contributed by atoms with Gasteiger partial charge in [-0.05, 0) is 87.8 Å². The lowest BCUT2D eigenvalue weighted by atomic mass is 10.1. The van der Waals surface area contributed by atoms with E-state index in [1.165, 1.54) is 39.4 Å². The Balaban J connectivity index is 0.000000208. The summed E-state index contributed by atoms with van der Waals surface area (Å²) in [5.74, 6) is -0.190. The highest BCUT2D eigenvalue weighted by atomic mass is 79.9. The number of carbonyl (C=O) groups excluding carboxylic acids is 7. The Hall–Kier alpha value is -7.57. The molecular formula is C56H63BrN8O13S2. The molecule has 3 aromatic heterocycles. The number of methoxy groups -OCH3 is 4. The number of halogens is 1. The zero-order chi connectivity index (χ0) is 58.1. The number of nitrogens with one attached hydrogen (secondary N) is 4. The zero-order valence-electron chi connectivity index (χ0n) is 45.0. The molecule has 80 heavy (non-hydrogen) atoms. The minimum absolute atomic E-state index is 0.0208. The van der Waals surface area contributed by atoms with Crippen LogP contribution in [0, 0.1) is 23.7 Å². The van der Waals surface area contributed by atoms with Gasteiger partial charge in [0.15, 0.2) is 16.0 Å². The number of amides is 4. The molecule has 2 aromatic carbocycles. The molecule has 9 rings (SSSR count). The number of nitrogens with zero attached hydrogens (tertiary/aromatic N) is 3. The lowest BCUT2D eigenvalue weighted by molar-refractivity contribution is -0.147. The summed E-state index contributed by atoms with van der Waals surface area (Å²) in [5.41, 5.74) is 5.65. The van der Waals surface area contributed by atoms with Crippen molar-refractivity contribution in [2.75, 3.05) is 39.1 Å². The number of rotatable bonds is 18. The van der Waals surface area contributed by atoms with Gasteiger partial charge in [0, 0.05) is 77.9 Å². The first-order chi connectivity index (χ1) is 38.2. The summed E-state index contributed by atoms with van der Waals surface area (Å²) in [6, 6.07) is 14.5. The van der Waals surface area contributed by atoms with Crippen molar-refractivity contribution in [1.82, 2.24) is 30.9 Å². The van der Waals surface area contributed by atoms with Crippen molar-refractivity contribution >= 4 is 113 Å². The highest BCUT2D eigenvalue weighted by Crippen LogP contribution is 2.47. The Kier molecular flexibility index (Phi) is 19.6. The van der Waals surface area contributed by atoms with Gasteiger partial charge in [0.05, 0.1) is 62.7 Å². The average Bonchev–Trinajstić information content (AvgIpc) is 4.04. The van der Waals surface area contributed by atoms with Gasteiger partial charge in [0.2, 0.25) is 23.6 Å². The van der Waals surface area contributed by atoms with Gasteiger partial charge in [-0.3, -0.25) is 24.0 Å². The van der Waals surface area contributed by atoms with Gasteiger partial charge in [-0.15, -0.1) is 24.5 Å². The van der Waals surface area contributed by atoms with Crippen molar-refractivity contribution in [2.45, 2.75) is 88.5 Å². The molecule has 3 heterocycles. The van der Waals surface area contributed by atoms with Gasteiger partial charge in [0.1, 0.15) is 45.5 Å². The zero-order valence-corrected chi connectivity index (χ0v) is 48.2. The van der Waals surface area contributed by atoms with Crippen LogP contribution in [0.4, 0.5) is 5.13 Å². The lowest BCUT2D eigenvalue weighted by Crippen LogP contribution is -2.47. The van der Waals surface area contributed by atoms with E-state index < -0.39 is 23.0 Å². The number of anilines is 1. The molecule has 4 aliphatic carbocycles. The van der Waals surface area contributed by atoms with Crippen LogP contribution >= 0.6 is 39.5 Å². The van der Waals surface area contributed by atoms with Crippen LogP contribution in [0.25, 0.3) is 33.2 Å². The lowest BCUT2D eigenvalue weighted by Gasteiger charge is -2.20. The third kappa shape index (κ3) is 14.1. The molecule has 4 saturated carbocycles. The fraction of sp³-hybridized carbons (Fsp3) is 0.411. The van der Waals surface area contributed by atoms with E-state index in [1.807, 2.05) is 41.8 Å². The second-order valence-electron chi connectivity index (χ2n) is 19.6. The van der Waals surface area contributed by atoms with E-state index in [-0.39, 0.29) is 75.7 Å². The first-order valence-electron chi connectivity index (χ1n) is 25.5. The average molecular weight is 1200 g/mol. The summed E-state index contributed by atoms with van der Waals surface area (Å²) < 4.78 is 33.3. The van der Waals surface area contributed by atoms with Gasteiger partial charge < -0.3 is 55.4 Å². The molecule has 24 heteroatoms. The van der Waals surface area contributed by atoms with E-state index in [4.69, 9.17) is 39.1 Å². The number of thiocarbonyl (C=S) groups is 1. The molecule has 4 fully saturated rings. The van der Waals surface area contributed by atoms with E-state index in [9.17, 15) is 33.6 Å². The van der Waals surface area contributed by atoms with Crippen molar-refractivity contribution in [2.24, 2.45) is 29.4 Å². The summed E-state index contributed by atoms with van der Waals surface area (Å²) in [5, 5.41) is 14.7. The van der Waals surface area contributed by atoms with Crippen LogP contribution in [0.15, 0.2) is 79.2 Å². The monoisotopic (exact) mass is 1200 g/mol. The number of ether oxygens (including phenoxy) is 6. The standard InChI is InChI=1S/C28H30N4O6S.C25H27BrN2O6.C3H6N2OS/c1-5-17-13-28(17,26(35)37-4)32-25(34)16-6-7-19(10-16)38-24-12-22(23-14-39-27(31-23)29-15(2)33)30-21-11-18(36-3)8-9-20(21)24;1-4-15-12-25(15,24(31)33-3)28-23(30)14-5-6-17(9-14)34-22-11-20(21(29)13-26)27-19-10-16(32-2)7-8-18(19)22;1-2(6)5-3(4)7/h5,8-9,11-12,14,16-17,19H,1,6-7,10,13H2,2-4H3,(H,32,34)(H,29,31,33);4,7-8,10-11,14-15,17H,1,5-6,9,12-13H2,2-3H3,(H,28,30);1H3,(H3,4,5,6,7)/t16-,17?,19?,28+;14-,15?,17?,25+;/m00./s1. The number of ketones is 1. The topological polar surface area (TPSA) is 288 Å². The van der Waals surface area contributed by atoms with Crippen molar-refractivity contribution in [3.8, 4) is 34.4 Å². The molecular weight excluding hydrogens is 1140 g/mol. The van der Waals surface area contributed by atoms with E-state index in [0.29, 0.717) is 108 Å². The number of fused-ring (bicyclic) bond motifs is 2. The molecule has 8 atom stereocenters. The van der Waals surface area contributed by atoms with Crippen molar-refractivity contribution in [3.05, 3.63) is 84.9 Å². The van der Waals surface area contributed by atoms with Crippen LogP contribution in [-0.4, -0.2) is 118 Å². The Morgan fingerprint density at radius 3 is 1.62 bits per heavy atom. The predicted octanol–water partition coefficient (Wildman–Crippen LogP) is 7.08. The number of aromatic nitrogens is 3. The molecule has 424 valence electrons. The number of thiazole rings is 1. The number of hydrogen-bond acceptors (Lipinski definition) is 18. The van der Waals surface area contributed by atoms with Crippen LogP contribution in [-0.2, 0) is 38.2 Å². The van der Waals surface area contributed by atoms with Gasteiger partial charge in [0.25, 0.3) is 0 Å². The molecule has 4 aliphatic rings. The van der Waals surface area contributed by atoms with Crippen LogP contribution in [0.1, 0.15) is 75.7 Å². The SMILES string of the molecule is C=CC1C[C@]1(NC(=O)[C@H]1CCC(Oc2cc(-c3csc(NC(C)=O)n3)nc3cc(OC)ccc23)C1)C(=O)OC.C=CC1C[C@]1(NC(=O)[C@H]1CCC(Oc2cc(C(=O)CBr)nc3cc(OC)ccc23)C1)C(=O)OC.CC(=O)NC(N)=S. The number of hydrogen-bond donors (Lipinski definition) is 5. The third-order valence-corrected chi connectivity index (χ3v) is 15.6. The second-order valence-corrected chi connectivity index (χ2v) is 21.5. The molecule has 0 saturated heterocycles. The highest BCUT2D eigenvalue weighted by molar-refractivity contribution is 9.09. The van der Waals surface area contributed by atoms with Crippen molar-refractivity contribution < 1.29 is 62.0 Å². The molecule has 0 radical (unpaired) electrons. The molecule has 21 nitrogen and oxygen atoms in total. The highest BCUT2D eigenvalue weighted by Gasteiger charge is 2.62. The minimum Gasteiger partial charge on any atom is -0.497 e. The van der Waals surface area contributed by atoms with Crippen molar-refractivity contribution in [1.29, 1.82) is 0 Å². The summed E-state index contributed by atoms with van der Waals surface area (Å²) >= 11 is 8.82. The van der Waals surface area contributed by atoms with Gasteiger partial charge in [-0.1, -0.05) is 28.1 Å². The Morgan fingerprint density at radius 1 is 0.713 bits per heavy atom. The maximum Gasteiger partial charge on any atom is 0.332 e. The predicted molar refractivity (Wildman–Crippen MR) is 307 cm³/mol. The normalized spacial score (nSPS) is 23.0. The quantitative estimate of drug-likeness (QED) is 0.0193. The number of carbonyl (C=O) groups is 7. The third-order valence-electron chi connectivity index (χ3n) is 14.2. The maximum atomic E-state index is 13.1. The van der Waals surface area contributed by atoms with Crippen LogP contribution < -0.4 is 45.9 Å². The Morgan fingerprint density at radius 2 is 1.21 bits per heavy atom. The molecule has 4 unspecified atom stereocenters. The number of esters is 2. The van der Waals surface area contributed by atoms with E-state index in [1.54, 1.807) is 38.5 Å². The van der Waals surface area contributed by atoms with E-state index in [2.05, 4.69) is 72.5 Å².